The number of ether oxygens (including phenoxy) is 1. The lowest BCUT2D eigenvalue weighted by Gasteiger charge is -2.13. The third-order valence-corrected chi connectivity index (χ3v) is 3.67. The van der Waals surface area contributed by atoms with Crippen LogP contribution in [0.2, 0.25) is 0 Å². The second-order valence-electron chi connectivity index (χ2n) is 6.00. The molecule has 6 heteroatoms. The van der Waals surface area contributed by atoms with E-state index in [1.807, 2.05) is 31.2 Å². The number of anilines is 1. The minimum atomic E-state index is -0.299. The SMILES string of the molecule is CC(=O)Nc1ccc(C(C)=O)cc1OCC(=O)NCc1ccc(C)cc1. The van der Waals surface area contributed by atoms with Gasteiger partial charge in [0.15, 0.2) is 12.4 Å². The lowest BCUT2D eigenvalue weighted by atomic mass is 10.1. The van der Waals surface area contributed by atoms with Gasteiger partial charge in [-0.25, -0.2) is 0 Å². The molecular weight excluding hydrogens is 332 g/mol. The molecule has 0 aliphatic rings. The van der Waals surface area contributed by atoms with Gasteiger partial charge in [-0.1, -0.05) is 29.8 Å². The highest BCUT2D eigenvalue weighted by molar-refractivity contribution is 5.96. The normalized spacial score (nSPS) is 10.1. The van der Waals surface area contributed by atoms with Crippen LogP contribution in [-0.2, 0) is 16.1 Å². The van der Waals surface area contributed by atoms with E-state index in [1.54, 1.807) is 12.1 Å². The second-order valence-corrected chi connectivity index (χ2v) is 6.00. The molecule has 2 aromatic rings. The number of carbonyl (C=O) groups is 3. The smallest absolute Gasteiger partial charge is 0.258 e. The van der Waals surface area contributed by atoms with Gasteiger partial charge in [0.25, 0.3) is 5.91 Å². The quantitative estimate of drug-likeness (QED) is 0.749. The maximum Gasteiger partial charge on any atom is 0.258 e. The molecule has 0 saturated heterocycles. The Bertz CT molecular complexity index is 813. The summed E-state index contributed by atoms with van der Waals surface area (Å²) in [5.74, 6) is -0.423. The molecule has 2 amide bonds. The van der Waals surface area contributed by atoms with Crippen LogP contribution in [0.5, 0.6) is 5.75 Å². The zero-order valence-electron chi connectivity index (χ0n) is 15.1. The van der Waals surface area contributed by atoms with Gasteiger partial charge < -0.3 is 15.4 Å². The van der Waals surface area contributed by atoms with Crippen LogP contribution in [-0.4, -0.2) is 24.2 Å². The Morgan fingerprint density at radius 2 is 1.69 bits per heavy atom. The molecule has 0 heterocycles. The molecule has 0 radical (unpaired) electrons. The molecule has 0 aliphatic heterocycles. The number of nitrogens with one attached hydrogen (secondary N) is 2. The van der Waals surface area contributed by atoms with E-state index in [1.165, 1.54) is 19.9 Å². The van der Waals surface area contributed by atoms with Gasteiger partial charge in [0.1, 0.15) is 5.75 Å². The number of rotatable bonds is 7. The monoisotopic (exact) mass is 354 g/mol. The van der Waals surface area contributed by atoms with Gasteiger partial charge in [0.05, 0.1) is 5.69 Å². The average Bonchev–Trinajstić information content (AvgIpc) is 2.59. The first kappa shape index (κ1) is 19.2. The molecule has 0 unspecified atom stereocenters. The van der Waals surface area contributed by atoms with Crippen LogP contribution in [0.4, 0.5) is 5.69 Å². The van der Waals surface area contributed by atoms with Crippen molar-refractivity contribution < 1.29 is 19.1 Å². The summed E-state index contributed by atoms with van der Waals surface area (Å²) in [6.45, 7) is 4.98. The minimum Gasteiger partial charge on any atom is -0.482 e. The first-order valence-corrected chi connectivity index (χ1v) is 8.23. The summed E-state index contributed by atoms with van der Waals surface area (Å²) in [6.07, 6.45) is 0. The van der Waals surface area contributed by atoms with Crippen LogP contribution in [0, 0.1) is 6.92 Å². The van der Waals surface area contributed by atoms with Gasteiger partial charge in [-0.05, 0) is 37.6 Å². The van der Waals surface area contributed by atoms with Crippen molar-refractivity contribution in [2.45, 2.75) is 27.3 Å². The lowest BCUT2D eigenvalue weighted by molar-refractivity contribution is -0.123. The van der Waals surface area contributed by atoms with Crippen molar-refractivity contribution in [2.75, 3.05) is 11.9 Å². The molecule has 0 aromatic heterocycles. The van der Waals surface area contributed by atoms with Gasteiger partial charge in [0, 0.05) is 19.0 Å². The third-order valence-electron chi connectivity index (χ3n) is 3.67. The van der Waals surface area contributed by atoms with E-state index in [9.17, 15) is 14.4 Å². The molecule has 0 fully saturated rings. The van der Waals surface area contributed by atoms with Crippen LogP contribution < -0.4 is 15.4 Å². The summed E-state index contributed by atoms with van der Waals surface area (Å²) in [5.41, 5.74) is 2.99. The van der Waals surface area contributed by atoms with Crippen molar-refractivity contribution in [1.29, 1.82) is 0 Å². The van der Waals surface area contributed by atoms with Crippen LogP contribution in [0.15, 0.2) is 42.5 Å². The van der Waals surface area contributed by atoms with Gasteiger partial charge in [-0.15, -0.1) is 0 Å². The van der Waals surface area contributed by atoms with E-state index in [0.717, 1.165) is 11.1 Å². The van der Waals surface area contributed by atoms with E-state index in [0.29, 0.717) is 17.8 Å². The third kappa shape index (κ3) is 5.73. The lowest BCUT2D eigenvalue weighted by Crippen LogP contribution is -2.28. The highest BCUT2D eigenvalue weighted by Crippen LogP contribution is 2.26. The van der Waals surface area contributed by atoms with Crippen molar-refractivity contribution in [3.05, 3.63) is 59.2 Å². The molecule has 0 bridgehead atoms. The van der Waals surface area contributed by atoms with Crippen molar-refractivity contribution >= 4 is 23.3 Å². The number of hydrogen-bond acceptors (Lipinski definition) is 4. The Balaban J connectivity index is 1.98. The number of aryl methyl sites for hydroxylation is 1. The Hall–Kier alpha value is -3.15. The fourth-order valence-electron chi connectivity index (χ4n) is 2.25. The Morgan fingerprint density at radius 1 is 1.00 bits per heavy atom. The predicted molar refractivity (Wildman–Crippen MR) is 99.3 cm³/mol. The Labute approximate surface area is 152 Å². The Morgan fingerprint density at radius 3 is 2.31 bits per heavy atom. The summed E-state index contributed by atoms with van der Waals surface area (Å²) < 4.78 is 5.52. The van der Waals surface area contributed by atoms with Gasteiger partial charge >= 0.3 is 0 Å². The van der Waals surface area contributed by atoms with Crippen molar-refractivity contribution in [2.24, 2.45) is 0 Å². The molecule has 0 atom stereocenters. The molecule has 2 aromatic carbocycles. The summed E-state index contributed by atoms with van der Waals surface area (Å²) in [6, 6.07) is 12.5. The maximum absolute atomic E-state index is 12.0. The largest absolute Gasteiger partial charge is 0.482 e. The van der Waals surface area contributed by atoms with Crippen molar-refractivity contribution in [1.82, 2.24) is 5.32 Å². The van der Waals surface area contributed by atoms with Crippen LogP contribution in [0.1, 0.15) is 35.3 Å². The van der Waals surface area contributed by atoms with E-state index in [2.05, 4.69) is 10.6 Å². The number of hydrogen-bond donors (Lipinski definition) is 2. The van der Waals surface area contributed by atoms with Crippen molar-refractivity contribution in [3.63, 3.8) is 0 Å². The molecule has 2 N–H and O–H groups in total. The summed E-state index contributed by atoms with van der Waals surface area (Å²) in [4.78, 5) is 34.8. The van der Waals surface area contributed by atoms with E-state index in [-0.39, 0.29) is 30.0 Å². The molecule has 136 valence electrons. The molecular formula is C20H22N2O4. The number of amides is 2. The first-order valence-electron chi connectivity index (χ1n) is 8.23. The van der Waals surface area contributed by atoms with E-state index in [4.69, 9.17) is 4.74 Å². The number of benzene rings is 2. The fourth-order valence-corrected chi connectivity index (χ4v) is 2.25. The molecule has 0 aliphatic carbocycles. The second kappa shape index (κ2) is 8.80. The van der Waals surface area contributed by atoms with Gasteiger partial charge in [-0.3, -0.25) is 14.4 Å². The average molecular weight is 354 g/mol. The van der Waals surface area contributed by atoms with Gasteiger partial charge in [0.2, 0.25) is 5.91 Å². The highest BCUT2D eigenvalue weighted by Gasteiger charge is 2.11. The Kier molecular flexibility index (Phi) is 6.49. The fraction of sp³-hybridized carbons (Fsp3) is 0.250. The summed E-state index contributed by atoms with van der Waals surface area (Å²) in [7, 11) is 0. The predicted octanol–water partition coefficient (Wildman–Crippen LogP) is 2.85. The zero-order chi connectivity index (χ0) is 19.1. The highest BCUT2D eigenvalue weighted by atomic mass is 16.5. The minimum absolute atomic E-state index is 0.131. The number of carbonyl (C=O) groups excluding carboxylic acids is 3. The molecule has 26 heavy (non-hydrogen) atoms. The molecule has 2 rings (SSSR count). The topological polar surface area (TPSA) is 84.5 Å². The van der Waals surface area contributed by atoms with Crippen LogP contribution in [0.25, 0.3) is 0 Å². The molecule has 0 spiro atoms. The molecule has 0 saturated carbocycles. The van der Waals surface area contributed by atoms with Crippen LogP contribution >= 0.6 is 0 Å². The number of Topliss-reactive ketones (excluding diaryl/α,β-unsaturated/α-hetero) is 1. The van der Waals surface area contributed by atoms with E-state index >= 15 is 0 Å². The maximum atomic E-state index is 12.0. The van der Waals surface area contributed by atoms with E-state index < -0.39 is 0 Å². The number of ketones is 1. The summed E-state index contributed by atoms with van der Waals surface area (Å²) in [5, 5.41) is 5.39. The first-order chi connectivity index (χ1) is 12.3. The van der Waals surface area contributed by atoms with Gasteiger partial charge in [-0.2, -0.15) is 0 Å². The molecule has 6 nitrogen and oxygen atoms in total. The van der Waals surface area contributed by atoms with Crippen molar-refractivity contribution in [3.8, 4) is 5.75 Å². The standard InChI is InChI=1S/C20H22N2O4/c1-13-4-6-16(7-5-13)11-21-20(25)12-26-19-10-17(14(2)23)8-9-18(19)22-15(3)24/h4-10H,11-12H2,1-3H3,(H,21,25)(H,22,24). The van der Waals surface area contributed by atoms with Crippen LogP contribution in [0.3, 0.4) is 0 Å². The zero-order valence-corrected chi connectivity index (χ0v) is 15.1. The summed E-state index contributed by atoms with van der Waals surface area (Å²) >= 11 is 0.